The number of hydrogen-bond donors (Lipinski definition) is 2. The number of ether oxygens (including phenoxy) is 1. The molecule has 2 heterocycles. The predicted octanol–water partition coefficient (Wildman–Crippen LogP) is 3.34. The number of nitrogens with zero attached hydrogens (tertiary/aromatic N) is 3. The Bertz CT molecular complexity index is 779. The van der Waals surface area contributed by atoms with E-state index >= 15 is 0 Å². The summed E-state index contributed by atoms with van der Waals surface area (Å²) in [4.78, 5) is 14.1. The van der Waals surface area contributed by atoms with Gasteiger partial charge in [-0.25, -0.2) is 4.79 Å². The number of benzene rings is 1. The van der Waals surface area contributed by atoms with E-state index in [1.54, 1.807) is 0 Å². The molecule has 1 fully saturated rings. The first-order valence-corrected chi connectivity index (χ1v) is 10.3. The van der Waals surface area contributed by atoms with Crippen LogP contribution in [0.2, 0.25) is 5.02 Å². The van der Waals surface area contributed by atoms with Gasteiger partial charge in [0.25, 0.3) is 0 Å². The van der Waals surface area contributed by atoms with Crippen LogP contribution < -0.4 is 15.4 Å². The number of nitrogens with one attached hydrogen (secondary N) is 2. The van der Waals surface area contributed by atoms with Gasteiger partial charge in [0.15, 0.2) is 0 Å². The third kappa shape index (κ3) is 5.79. The van der Waals surface area contributed by atoms with Gasteiger partial charge in [0.1, 0.15) is 16.9 Å². The number of aryl methyl sites for hydroxylation is 2. The van der Waals surface area contributed by atoms with Gasteiger partial charge in [0.2, 0.25) is 5.13 Å². The number of amides is 2. The molecular formula is C18H24ClN5O2S. The number of rotatable bonds is 8. The van der Waals surface area contributed by atoms with E-state index in [2.05, 4.69) is 25.7 Å². The van der Waals surface area contributed by atoms with E-state index in [9.17, 15) is 4.79 Å². The molecule has 1 aromatic heterocycles. The molecule has 1 aliphatic rings. The highest BCUT2D eigenvalue weighted by Crippen LogP contribution is 2.24. The highest BCUT2D eigenvalue weighted by atomic mass is 35.5. The Morgan fingerprint density at radius 3 is 2.93 bits per heavy atom. The van der Waals surface area contributed by atoms with E-state index in [-0.39, 0.29) is 12.1 Å². The smallest absolute Gasteiger partial charge is 0.321 e. The summed E-state index contributed by atoms with van der Waals surface area (Å²) >= 11 is 7.43. The van der Waals surface area contributed by atoms with Gasteiger partial charge in [-0.1, -0.05) is 29.9 Å². The molecule has 0 bridgehead atoms. The van der Waals surface area contributed by atoms with Crippen molar-refractivity contribution in [1.82, 2.24) is 20.4 Å². The van der Waals surface area contributed by atoms with Gasteiger partial charge in [0.05, 0.1) is 0 Å². The molecule has 7 nitrogen and oxygen atoms in total. The van der Waals surface area contributed by atoms with Crippen LogP contribution in [0.25, 0.3) is 0 Å². The topological polar surface area (TPSA) is 79.4 Å². The van der Waals surface area contributed by atoms with Crippen molar-refractivity contribution in [2.45, 2.75) is 32.8 Å². The fourth-order valence-corrected chi connectivity index (χ4v) is 3.55. The first kappa shape index (κ1) is 19.9. The molecule has 0 atom stereocenters. The molecule has 2 amide bonds. The fraction of sp³-hybridized carbons (Fsp3) is 0.500. The van der Waals surface area contributed by atoms with Crippen LogP contribution in [0.1, 0.15) is 23.9 Å². The second-order valence-electron chi connectivity index (χ2n) is 6.50. The molecule has 9 heteroatoms. The van der Waals surface area contributed by atoms with Crippen molar-refractivity contribution in [3.63, 3.8) is 0 Å². The van der Waals surface area contributed by atoms with Gasteiger partial charge in [-0.2, -0.15) is 0 Å². The third-order valence-electron chi connectivity index (χ3n) is 4.28. The number of hydrogen-bond acceptors (Lipinski definition) is 6. The van der Waals surface area contributed by atoms with Gasteiger partial charge < -0.3 is 10.1 Å². The highest BCUT2D eigenvalue weighted by Gasteiger charge is 2.27. The van der Waals surface area contributed by atoms with Crippen LogP contribution in [-0.4, -0.2) is 53.4 Å². The summed E-state index contributed by atoms with van der Waals surface area (Å²) in [5.74, 6) is 0.864. The lowest BCUT2D eigenvalue weighted by Crippen LogP contribution is -2.54. The minimum atomic E-state index is -0.239. The minimum absolute atomic E-state index is 0.215. The van der Waals surface area contributed by atoms with E-state index in [1.165, 1.54) is 11.3 Å². The van der Waals surface area contributed by atoms with Crippen LogP contribution in [0.5, 0.6) is 5.75 Å². The van der Waals surface area contributed by atoms with Gasteiger partial charge in [-0.3, -0.25) is 10.2 Å². The largest absolute Gasteiger partial charge is 0.488 e. The second kappa shape index (κ2) is 9.34. The normalized spacial score (nSPS) is 14.6. The zero-order valence-corrected chi connectivity index (χ0v) is 17.1. The van der Waals surface area contributed by atoms with Crippen molar-refractivity contribution >= 4 is 34.1 Å². The SMILES string of the molecule is CCc1nnc(NC(=O)NCCCN2CC(Oc3ccc(Cl)c(C)c3)C2)s1. The van der Waals surface area contributed by atoms with Gasteiger partial charge in [-0.15, -0.1) is 10.2 Å². The van der Waals surface area contributed by atoms with Crippen LogP contribution in [-0.2, 0) is 6.42 Å². The standard InChI is InChI=1S/C18H24ClN5O2S/c1-3-16-22-23-18(27-16)21-17(25)20-7-4-8-24-10-14(11-24)26-13-5-6-15(19)12(2)9-13/h5-6,9,14H,3-4,7-8,10-11H2,1-2H3,(H2,20,21,23,25). The molecule has 1 aliphatic heterocycles. The molecule has 0 unspecified atom stereocenters. The molecule has 2 N–H and O–H groups in total. The quantitative estimate of drug-likeness (QED) is 0.653. The van der Waals surface area contributed by atoms with E-state index in [0.717, 1.165) is 53.8 Å². The van der Waals surface area contributed by atoms with Crippen LogP contribution in [0, 0.1) is 6.92 Å². The number of carbonyl (C=O) groups excluding carboxylic acids is 1. The van der Waals surface area contributed by atoms with Crippen LogP contribution in [0.15, 0.2) is 18.2 Å². The van der Waals surface area contributed by atoms with Crippen LogP contribution in [0.3, 0.4) is 0 Å². The van der Waals surface area contributed by atoms with Crippen LogP contribution in [0.4, 0.5) is 9.93 Å². The maximum Gasteiger partial charge on any atom is 0.321 e. The molecule has 1 saturated heterocycles. The van der Waals surface area contributed by atoms with E-state index in [0.29, 0.717) is 11.7 Å². The average molecular weight is 410 g/mol. The lowest BCUT2D eigenvalue weighted by Gasteiger charge is -2.39. The molecule has 3 rings (SSSR count). The third-order valence-corrected chi connectivity index (χ3v) is 5.69. The summed E-state index contributed by atoms with van der Waals surface area (Å²) in [6.07, 6.45) is 1.92. The monoisotopic (exact) mass is 409 g/mol. The van der Waals surface area contributed by atoms with Crippen LogP contribution >= 0.6 is 22.9 Å². The molecule has 0 aliphatic carbocycles. The number of likely N-dealkylation sites (tertiary alicyclic amines) is 1. The summed E-state index contributed by atoms with van der Waals surface area (Å²) in [6.45, 7) is 7.32. The molecule has 0 saturated carbocycles. The second-order valence-corrected chi connectivity index (χ2v) is 7.97. The van der Waals surface area contributed by atoms with Crippen molar-refractivity contribution in [2.24, 2.45) is 0 Å². The van der Waals surface area contributed by atoms with Crippen molar-refractivity contribution in [1.29, 1.82) is 0 Å². The summed E-state index contributed by atoms with van der Waals surface area (Å²) in [7, 11) is 0. The Kier molecular flexibility index (Phi) is 6.87. The molecule has 146 valence electrons. The van der Waals surface area contributed by atoms with Crippen molar-refractivity contribution in [3.8, 4) is 5.75 Å². The van der Waals surface area contributed by atoms with Crippen molar-refractivity contribution in [2.75, 3.05) is 31.5 Å². The molecule has 0 radical (unpaired) electrons. The number of aromatic nitrogens is 2. The van der Waals surface area contributed by atoms with E-state index in [1.807, 2.05) is 32.0 Å². The van der Waals surface area contributed by atoms with Gasteiger partial charge >= 0.3 is 6.03 Å². The van der Waals surface area contributed by atoms with E-state index < -0.39 is 0 Å². The molecule has 1 aromatic carbocycles. The van der Waals surface area contributed by atoms with Crippen molar-refractivity contribution < 1.29 is 9.53 Å². The van der Waals surface area contributed by atoms with Gasteiger partial charge in [0, 0.05) is 31.2 Å². The molecule has 27 heavy (non-hydrogen) atoms. The average Bonchev–Trinajstić information content (AvgIpc) is 3.06. The Morgan fingerprint density at radius 2 is 2.22 bits per heavy atom. The number of carbonyl (C=O) groups is 1. The number of halogens is 1. The maximum atomic E-state index is 11.8. The predicted molar refractivity (Wildman–Crippen MR) is 108 cm³/mol. The Morgan fingerprint density at radius 1 is 1.41 bits per heavy atom. The Hall–Kier alpha value is -1.90. The molecule has 0 spiro atoms. The Labute approximate surface area is 168 Å². The zero-order chi connectivity index (χ0) is 19.2. The lowest BCUT2D eigenvalue weighted by molar-refractivity contribution is 0.0196. The summed E-state index contributed by atoms with van der Waals surface area (Å²) < 4.78 is 5.95. The summed E-state index contributed by atoms with van der Waals surface area (Å²) in [6, 6.07) is 5.50. The van der Waals surface area contributed by atoms with E-state index in [4.69, 9.17) is 16.3 Å². The first-order valence-electron chi connectivity index (χ1n) is 9.06. The maximum absolute atomic E-state index is 11.8. The molecule has 2 aromatic rings. The number of anilines is 1. The van der Waals surface area contributed by atoms with Gasteiger partial charge in [-0.05, 0) is 43.5 Å². The minimum Gasteiger partial charge on any atom is -0.488 e. The lowest BCUT2D eigenvalue weighted by atomic mass is 10.1. The van der Waals surface area contributed by atoms with Crippen molar-refractivity contribution in [3.05, 3.63) is 33.8 Å². The zero-order valence-electron chi connectivity index (χ0n) is 15.5. The number of urea groups is 1. The summed E-state index contributed by atoms with van der Waals surface area (Å²) in [5, 5.41) is 15.6. The Balaban J connectivity index is 1.26. The fourth-order valence-electron chi connectivity index (χ4n) is 2.76. The molecular weight excluding hydrogens is 386 g/mol. The summed E-state index contributed by atoms with van der Waals surface area (Å²) in [5.41, 5.74) is 1.02. The first-order chi connectivity index (χ1) is 13.0. The highest BCUT2D eigenvalue weighted by molar-refractivity contribution is 7.15.